The van der Waals surface area contributed by atoms with Crippen molar-refractivity contribution in [3.05, 3.63) is 59.5 Å². The van der Waals surface area contributed by atoms with Gasteiger partial charge in [-0.25, -0.2) is 4.39 Å². The van der Waals surface area contributed by atoms with Crippen LogP contribution in [-0.4, -0.2) is 48.7 Å². The van der Waals surface area contributed by atoms with Crippen LogP contribution in [0.5, 0.6) is 11.5 Å². The third-order valence-electron chi connectivity index (χ3n) is 5.33. The summed E-state index contributed by atoms with van der Waals surface area (Å²) >= 11 is 0. The Labute approximate surface area is 162 Å². The van der Waals surface area contributed by atoms with Gasteiger partial charge in [0.1, 0.15) is 5.82 Å². The Balaban J connectivity index is 1.24. The van der Waals surface area contributed by atoms with E-state index in [1.807, 2.05) is 18.3 Å². The zero-order valence-corrected chi connectivity index (χ0v) is 15.3. The zero-order valence-electron chi connectivity index (χ0n) is 15.3. The predicted octanol–water partition coefficient (Wildman–Crippen LogP) is 2.67. The summed E-state index contributed by atoms with van der Waals surface area (Å²) < 4.78 is 24.4. The van der Waals surface area contributed by atoms with Crippen molar-refractivity contribution in [1.82, 2.24) is 9.80 Å². The molecule has 7 heteroatoms. The van der Waals surface area contributed by atoms with E-state index >= 15 is 0 Å². The number of nitrogens with one attached hydrogen (secondary N) is 1. The van der Waals surface area contributed by atoms with Crippen LogP contribution < -0.4 is 14.8 Å². The highest BCUT2D eigenvalue weighted by Gasteiger charge is 2.26. The molecule has 0 aliphatic carbocycles. The summed E-state index contributed by atoms with van der Waals surface area (Å²) in [4.78, 5) is 16.8. The van der Waals surface area contributed by atoms with Crippen LogP contribution in [0.3, 0.4) is 0 Å². The maximum Gasteiger partial charge on any atom is 0.257 e. The van der Waals surface area contributed by atoms with E-state index in [-0.39, 0.29) is 18.5 Å². The number of halogens is 1. The normalized spacial score (nSPS) is 19.8. The van der Waals surface area contributed by atoms with Crippen molar-refractivity contribution in [3.8, 4) is 11.5 Å². The lowest BCUT2D eigenvalue weighted by Gasteiger charge is -2.34. The molecule has 0 atom stereocenters. The van der Waals surface area contributed by atoms with Gasteiger partial charge in [-0.2, -0.15) is 0 Å². The van der Waals surface area contributed by atoms with E-state index in [1.54, 1.807) is 6.07 Å². The summed E-state index contributed by atoms with van der Waals surface area (Å²) in [5, 5.41) is 2.79. The standard InChI is InChI=1S/C21H20FN3O3/c22-15-2-3-18-16(10-15)17(21(26)23-18)12-25-7-5-24(6-8-25)11-14-1-4-19-20(9-14)28-13-27-19/h1-4,9-10,12H,5-8,11,13H2,(H,23,26)/b17-12+. The fourth-order valence-electron chi connectivity index (χ4n) is 3.82. The van der Waals surface area contributed by atoms with Crippen molar-refractivity contribution in [2.45, 2.75) is 6.54 Å². The molecule has 0 saturated carbocycles. The Bertz CT molecular complexity index is 967. The molecular formula is C21H20FN3O3. The Morgan fingerprint density at radius 2 is 1.86 bits per heavy atom. The van der Waals surface area contributed by atoms with Gasteiger partial charge < -0.3 is 19.7 Å². The quantitative estimate of drug-likeness (QED) is 0.829. The second kappa shape index (κ2) is 6.83. The number of ether oxygens (including phenoxy) is 2. The molecule has 144 valence electrons. The highest BCUT2D eigenvalue weighted by molar-refractivity contribution is 6.31. The van der Waals surface area contributed by atoms with Crippen molar-refractivity contribution >= 4 is 17.2 Å². The molecule has 28 heavy (non-hydrogen) atoms. The first-order valence-electron chi connectivity index (χ1n) is 9.34. The lowest BCUT2D eigenvalue weighted by atomic mass is 10.1. The van der Waals surface area contributed by atoms with Crippen LogP contribution in [0.2, 0.25) is 0 Å². The van der Waals surface area contributed by atoms with Gasteiger partial charge in [0.25, 0.3) is 5.91 Å². The minimum absolute atomic E-state index is 0.177. The van der Waals surface area contributed by atoms with Crippen LogP contribution in [0.25, 0.3) is 5.57 Å². The van der Waals surface area contributed by atoms with Gasteiger partial charge in [0.15, 0.2) is 11.5 Å². The van der Waals surface area contributed by atoms with Crippen LogP contribution in [0.4, 0.5) is 10.1 Å². The number of benzene rings is 2. The van der Waals surface area contributed by atoms with Gasteiger partial charge in [-0.1, -0.05) is 6.07 Å². The van der Waals surface area contributed by atoms with Crippen LogP contribution >= 0.6 is 0 Å². The summed E-state index contributed by atoms with van der Waals surface area (Å²) in [5.41, 5.74) is 3.02. The lowest BCUT2D eigenvalue weighted by molar-refractivity contribution is -0.110. The molecule has 0 bridgehead atoms. The number of carbonyl (C=O) groups is 1. The van der Waals surface area contributed by atoms with Crippen LogP contribution in [0, 0.1) is 5.82 Å². The van der Waals surface area contributed by atoms with Crippen molar-refractivity contribution in [1.29, 1.82) is 0 Å². The molecule has 0 aromatic heterocycles. The van der Waals surface area contributed by atoms with E-state index in [0.29, 0.717) is 16.8 Å². The van der Waals surface area contributed by atoms with E-state index in [0.717, 1.165) is 44.2 Å². The molecule has 2 aromatic carbocycles. The second-order valence-electron chi connectivity index (χ2n) is 7.19. The molecule has 3 aliphatic rings. The number of amides is 1. The molecule has 0 radical (unpaired) electrons. The summed E-state index contributed by atoms with van der Waals surface area (Å²) in [5.74, 6) is 1.09. The van der Waals surface area contributed by atoms with Gasteiger partial charge in [-0.15, -0.1) is 0 Å². The SMILES string of the molecule is O=C1Nc2ccc(F)cc2/C1=C\N1CCN(Cc2ccc3c(c2)OCO3)CC1. The first-order valence-corrected chi connectivity index (χ1v) is 9.34. The highest BCUT2D eigenvalue weighted by atomic mass is 19.1. The maximum absolute atomic E-state index is 13.6. The Morgan fingerprint density at radius 3 is 2.71 bits per heavy atom. The van der Waals surface area contributed by atoms with Crippen molar-refractivity contribution in [3.63, 3.8) is 0 Å². The first-order chi connectivity index (χ1) is 13.7. The molecule has 0 spiro atoms. The van der Waals surface area contributed by atoms with Gasteiger partial charge in [0.2, 0.25) is 6.79 Å². The third-order valence-corrected chi connectivity index (χ3v) is 5.33. The predicted molar refractivity (Wildman–Crippen MR) is 102 cm³/mol. The minimum Gasteiger partial charge on any atom is -0.454 e. The lowest BCUT2D eigenvalue weighted by Crippen LogP contribution is -2.43. The van der Waals surface area contributed by atoms with Crippen molar-refractivity contribution in [2.24, 2.45) is 0 Å². The third kappa shape index (κ3) is 3.18. The van der Waals surface area contributed by atoms with Crippen molar-refractivity contribution in [2.75, 3.05) is 38.3 Å². The molecule has 1 saturated heterocycles. The smallest absolute Gasteiger partial charge is 0.257 e. The van der Waals surface area contributed by atoms with E-state index in [2.05, 4.69) is 21.2 Å². The fourth-order valence-corrected chi connectivity index (χ4v) is 3.82. The first kappa shape index (κ1) is 17.1. The topological polar surface area (TPSA) is 54.0 Å². The molecule has 0 unspecified atom stereocenters. The number of rotatable bonds is 3. The van der Waals surface area contributed by atoms with Crippen molar-refractivity contribution < 1.29 is 18.7 Å². The number of fused-ring (bicyclic) bond motifs is 2. The van der Waals surface area contributed by atoms with Gasteiger partial charge >= 0.3 is 0 Å². The highest BCUT2D eigenvalue weighted by Crippen LogP contribution is 2.34. The zero-order chi connectivity index (χ0) is 19.1. The number of carbonyl (C=O) groups excluding carboxylic acids is 1. The molecule has 1 N–H and O–H groups in total. The average Bonchev–Trinajstić information content (AvgIpc) is 3.27. The average molecular weight is 381 g/mol. The van der Waals surface area contributed by atoms with Gasteiger partial charge in [-0.05, 0) is 35.9 Å². The molecular weight excluding hydrogens is 361 g/mol. The monoisotopic (exact) mass is 381 g/mol. The van der Waals surface area contributed by atoms with Gasteiger partial charge in [0, 0.05) is 50.2 Å². The summed E-state index contributed by atoms with van der Waals surface area (Å²) in [7, 11) is 0. The Kier molecular flexibility index (Phi) is 4.16. The number of hydrogen-bond acceptors (Lipinski definition) is 5. The van der Waals surface area contributed by atoms with Crippen LogP contribution in [0.15, 0.2) is 42.6 Å². The molecule has 2 aromatic rings. The Morgan fingerprint density at radius 1 is 1.04 bits per heavy atom. The van der Waals surface area contributed by atoms with E-state index in [1.165, 1.54) is 17.7 Å². The van der Waals surface area contributed by atoms with Crippen LogP contribution in [0.1, 0.15) is 11.1 Å². The number of nitrogens with zero attached hydrogens (tertiary/aromatic N) is 2. The fraction of sp³-hybridized carbons (Fsp3) is 0.286. The number of piperazine rings is 1. The largest absolute Gasteiger partial charge is 0.454 e. The molecule has 1 fully saturated rings. The van der Waals surface area contributed by atoms with E-state index in [4.69, 9.17) is 9.47 Å². The summed E-state index contributed by atoms with van der Waals surface area (Å²) in [6, 6.07) is 10.4. The van der Waals surface area contributed by atoms with Gasteiger partial charge in [-0.3, -0.25) is 9.69 Å². The molecule has 5 rings (SSSR count). The molecule has 3 heterocycles. The molecule has 1 amide bonds. The minimum atomic E-state index is -0.338. The van der Waals surface area contributed by atoms with E-state index in [9.17, 15) is 9.18 Å². The summed E-state index contributed by atoms with van der Waals surface area (Å²) in [6.45, 7) is 4.52. The molecule has 6 nitrogen and oxygen atoms in total. The number of hydrogen-bond donors (Lipinski definition) is 1. The van der Waals surface area contributed by atoms with Crippen LogP contribution in [-0.2, 0) is 11.3 Å². The summed E-state index contributed by atoms with van der Waals surface area (Å²) in [6.07, 6.45) is 1.86. The molecule has 3 aliphatic heterocycles. The maximum atomic E-state index is 13.6. The Hall–Kier alpha value is -3.06. The van der Waals surface area contributed by atoms with E-state index < -0.39 is 0 Å². The number of anilines is 1. The van der Waals surface area contributed by atoms with Gasteiger partial charge in [0.05, 0.1) is 5.57 Å². The second-order valence-corrected chi connectivity index (χ2v) is 7.19.